The molecule has 0 bridgehead atoms. The van der Waals surface area contributed by atoms with E-state index in [0.29, 0.717) is 12.2 Å². The lowest BCUT2D eigenvalue weighted by atomic mass is 10.2. The minimum absolute atomic E-state index is 0.0331. The molecule has 2 aliphatic heterocycles. The smallest absolute Gasteiger partial charge is 0.294 e. The fourth-order valence-corrected chi connectivity index (χ4v) is 4.96. The van der Waals surface area contributed by atoms with Crippen LogP contribution >= 0.6 is 11.8 Å². The maximum Gasteiger partial charge on any atom is 0.294 e. The van der Waals surface area contributed by atoms with Crippen molar-refractivity contribution in [2.45, 2.75) is 12.5 Å². The lowest BCUT2D eigenvalue weighted by Gasteiger charge is -2.15. The summed E-state index contributed by atoms with van der Waals surface area (Å²) in [6, 6.07) is 2.82. The largest absolute Gasteiger partial charge is 0.465 e. The highest BCUT2D eigenvalue weighted by molar-refractivity contribution is 8.18. The summed E-state index contributed by atoms with van der Waals surface area (Å²) in [6.07, 6.45) is 3.22. The Bertz CT molecular complexity index is 812. The molecule has 0 spiro atoms. The normalized spacial score (nSPS) is 24.8. The molecule has 2 fully saturated rings. The van der Waals surface area contributed by atoms with Gasteiger partial charge in [-0.25, -0.2) is 8.42 Å². The second-order valence-corrected chi connectivity index (χ2v) is 8.67. The van der Waals surface area contributed by atoms with Crippen LogP contribution in [-0.2, 0) is 19.4 Å². The van der Waals surface area contributed by atoms with Crippen LogP contribution in [0.15, 0.2) is 27.7 Å². The lowest BCUT2D eigenvalue weighted by Crippen LogP contribution is -2.43. The molecule has 24 heavy (non-hydrogen) atoms. The Morgan fingerprint density at radius 3 is 2.88 bits per heavy atom. The highest BCUT2D eigenvalue weighted by atomic mass is 32.2. The Morgan fingerprint density at radius 2 is 2.25 bits per heavy atom. The third-order valence-corrected chi connectivity index (χ3v) is 6.26. The van der Waals surface area contributed by atoms with Crippen LogP contribution in [-0.4, -0.2) is 54.5 Å². The zero-order valence-electron chi connectivity index (χ0n) is 12.4. The van der Waals surface area contributed by atoms with Gasteiger partial charge in [-0.05, 0) is 30.3 Å². The summed E-state index contributed by atoms with van der Waals surface area (Å²) >= 11 is 0.727. The first-order valence-electron chi connectivity index (χ1n) is 7.13. The van der Waals surface area contributed by atoms with Gasteiger partial charge in [-0.1, -0.05) is 0 Å². The Kier molecular flexibility index (Phi) is 4.50. The van der Waals surface area contributed by atoms with Gasteiger partial charge in [0, 0.05) is 12.1 Å². The molecule has 10 heteroatoms. The fourth-order valence-electron chi connectivity index (χ4n) is 2.46. The molecular weight excluding hydrogens is 356 g/mol. The number of furan rings is 1. The quantitative estimate of drug-likeness (QED) is 0.773. The van der Waals surface area contributed by atoms with Crippen LogP contribution in [0, 0.1) is 0 Å². The van der Waals surface area contributed by atoms with Crippen molar-refractivity contribution in [3.05, 3.63) is 29.1 Å². The van der Waals surface area contributed by atoms with Gasteiger partial charge in [0.2, 0.25) is 5.91 Å². The van der Waals surface area contributed by atoms with Crippen molar-refractivity contribution in [2.24, 2.45) is 0 Å². The number of amides is 3. The third-order valence-electron chi connectivity index (χ3n) is 3.59. The molecule has 0 aliphatic carbocycles. The van der Waals surface area contributed by atoms with Crippen molar-refractivity contribution in [1.82, 2.24) is 10.2 Å². The van der Waals surface area contributed by atoms with Crippen LogP contribution in [0.4, 0.5) is 4.79 Å². The standard InChI is InChI=1S/C14H14N2O6S2/c17-12(15-9-3-5-24(20,21)8-9)7-16-13(18)11(23-14(16)19)6-10-2-1-4-22-10/h1-2,4,6,9H,3,5,7-8H2,(H,15,17)/b11-6-/t9-/m0/s1. The number of hydrogen-bond donors (Lipinski definition) is 1. The fraction of sp³-hybridized carbons (Fsp3) is 0.357. The number of nitrogens with one attached hydrogen (secondary N) is 1. The molecule has 8 nitrogen and oxygen atoms in total. The summed E-state index contributed by atoms with van der Waals surface area (Å²) < 4.78 is 27.8. The third kappa shape index (κ3) is 3.70. The van der Waals surface area contributed by atoms with E-state index in [1.807, 2.05) is 0 Å². The molecule has 0 saturated carbocycles. The van der Waals surface area contributed by atoms with Crippen molar-refractivity contribution < 1.29 is 27.2 Å². The van der Waals surface area contributed by atoms with E-state index < -0.39 is 39.5 Å². The maximum absolute atomic E-state index is 12.2. The van der Waals surface area contributed by atoms with Crippen LogP contribution in [0.5, 0.6) is 0 Å². The SMILES string of the molecule is O=C(CN1C(=O)S/C(=C\c2ccco2)C1=O)N[C@H]1CCS(=O)(=O)C1. The van der Waals surface area contributed by atoms with Gasteiger partial charge >= 0.3 is 0 Å². The zero-order chi connectivity index (χ0) is 17.3. The highest BCUT2D eigenvalue weighted by Gasteiger charge is 2.37. The minimum atomic E-state index is -3.11. The number of sulfone groups is 1. The predicted molar refractivity (Wildman–Crippen MR) is 86.6 cm³/mol. The first-order valence-corrected chi connectivity index (χ1v) is 9.76. The van der Waals surface area contributed by atoms with Crippen LogP contribution in [0.3, 0.4) is 0 Å². The molecule has 3 rings (SSSR count). The first kappa shape index (κ1) is 16.8. The Morgan fingerprint density at radius 1 is 1.46 bits per heavy atom. The molecule has 3 amide bonds. The Labute approximate surface area is 142 Å². The molecule has 1 aromatic rings. The summed E-state index contributed by atoms with van der Waals surface area (Å²) in [5.41, 5.74) is 0. The first-order chi connectivity index (χ1) is 11.3. The number of rotatable bonds is 4. The van der Waals surface area contributed by atoms with Crippen molar-refractivity contribution >= 4 is 44.7 Å². The van der Waals surface area contributed by atoms with Gasteiger partial charge < -0.3 is 9.73 Å². The summed E-state index contributed by atoms with van der Waals surface area (Å²) in [6.45, 7) is -0.434. The number of carbonyl (C=O) groups excluding carboxylic acids is 3. The van der Waals surface area contributed by atoms with Gasteiger partial charge in [0.1, 0.15) is 12.3 Å². The molecule has 1 atom stereocenters. The van der Waals surface area contributed by atoms with E-state index in [-0.39, 0.29) is 16.4 Å². The Hall–Kier alpha value is -2.07. The van der Waals surface area contributed by atoms with Crippen molar-refractivity contribution in [3.8, 4) is 0 Å². The van der Waals surface area contributed by atoms with Crippen molar-refractivity contribution in [1.29, 1.82) is 0 Å². The van der Waals surface area contributed by atoms with Gasteiger partial charge in [-0.2, -0.15) is 0 Å². The summed E-state index contributed by atoms with van der Waals surface area (Å²) in [5, 5.41) is 2.00. The van der Waals surface area contributed by atoms with E-state index in [1.165, 1.54) is 12.3 Å². The van der Waals surface area contributed by atoms with Gasteiger partial charge in [0.15, 0.2) is 9.84 Å². The topological polar surface area (TPSA) is 114 Å². The number of nitrogens with zero attached hydrogens (tertiary/aromatic N) is 1. The maximum atomic E-state index is 12.2. The molecule has 0 unspecified atom stereocenters. The second-order valence-electron chi connectivity index (χ2n) is 5.45. The second kappa shape index (κ2) is 6.44. The average Bonchev–Trinajstić information content (AvgIpc) is 3.17. The molecule has 2 saturated heterocycles. The molecular formula is C14H14N2O6S2. The number of imide groups is 1. The van der Waals surface area contributed by atoms with E-state index in [4.69, 9.17) is 4.42 Å². The van der Waals surface area contributed by atoms with Crippen LogP contribution in [0.1, 0.15) is 12.2 Å². The van der Waals surface area contributed by atoms with E-state index in [0.717, 1.165) is 16.7 Å². The van der Waals surface area contributed by atoms with Gasteiger partial charge in [0.25, 0.3) is 11.1 Å². The van der Waals surface area contributed by atoms with Crippen LogP contribution in [0.2, 0.25) is 0 Å². The van der Waals surface area contributed by atoms with Crippen molar-refractivity contribution in [3.63, 3.8) is 0 Å². The predicted octanol–water partition coefficient (Wildman–Crippen LogP) is 0.619. The Balaban J connectivity index is 1.62. The van der Waals surface area contributed by atoms with E-state index in [9.17, 15) is 22.8 Å². The molecule has 0 radical (unpaired) electrons. The molecule has 2 aliphatic rings. The monoisotopic (exact) mass is 370 g/mol. The van der Waals surface area contributed by atoms with E-state index >= 15 is 0 Å². The number of hydrogen-bond acceptors (Lipinski definition) is 7. The molecule has 1 N–H and O–H groups in total. The van der Waals surface area contributed by atoms with Crippen LogP contribution < -0.4 is 5.32 Å². The number of carbonyl (C=O) groups is 3. The van der Waals surface area contributed by atoms with Gasteiger partial charge in [-0.15, -0.1) is 0 Å². The van der Waals surface area contributed by atoms with Gasteiger partial charge in [-0.3, -0.25) is 19.3 Å². The highest BCUT2D eigenvalue weighted by Crippen LogP contribution is 2.32. The molecule has 1 aromatic heterocycles. The van der Waals surface area contributed by atoms with E-state index in [2.05, 4.69) is 5.32 Å². The van der Waals surface area contributed by atoms with Crippen molar-refractivity contribution in [2.75, 3.05) is 18.1 Å². The molecule has 0 aromatic carbocycles. The average molecular weight is 370 g/mol. The zero-order valence-corrected chi connectivity index (χ0v) is 14.1. The van der Waals surface area contributed by atoms with Gasteiger partial charge in [0.05, 0.1) is 22.7 Å². The number of thioether (sulfide) groups is 1. The lowest BCUT2D eigenvalue weighted by molar-refractivity contribution is -0.129. The summed E-state index contributed by atoms with van der Waals surface area (Å²) in [4.78, 5) is 37.1. The van der Waals surface area contributed by atoms with E-state index in [1.54, 1.807) is 12.1 Å². The summed E-state index contributed by atoms with van der Waals surface area (Å²) in [7, 11) is -3.11. The molecule has 128 valence electrons. The van der Waals surface area contributed by atoms with Crippen LogP contribution in [0.25, 0.3) is 6.08 Å². The summed E-state index contributed by atoms with van der Waals surface area (Å²) in [5.74, 6) is -0.778. The minimum Gasteiger partial charge on any atom is -0.465 e. The molecule has 3 heterocycles.